The summed E-state index contributed by atoms with van der Waals surface area (Å²) in [4.78, 5) is 22.7. The van der Waals surface area contributed by atoms with E-state index in [-0.39, 0.29) is 0 Å². The van der Waals surface area contributed by atoms with Crippen LogP contribution in [0, 0.1) is 0 Å². The lowest BCUT2D eigenvalue weighted by molar-refractivity contribution is -0.378. The molecule has 26 heavy (non-hydrogen) atoms. The number of carboxylic acid groups (broad SMARTS) is 4. The Hall–Kier alpha value is -3.94. The van der Waals surface area contributed by atoms with Crippen LogP contribution in [-0.4, -0.2) is 22.5 Å². The van der Waals surface area contributed by atoms with E-state index in [2.05, 4.69) is 49.4 Å². The third-order valence-corrected chi connectivity index (χ3v) is 1.21. The number of pyridine rings is 2. The molecule has 144 valence electrons. The normalized spacial score (nSPS) is 6.00. The van der Waals surface area contributed by atoms with Crippen LogP contribution in [0.4, 0.5) is 9.59 Å². The van der Waals surface area contributed by atoms with Crippen molar-refractivity contribution in [3.8, 4) is 0 Å². The summed E-state index contributed by atoms with van der Waals surface area (Å²) in [6.45, 7) is 18.0. The van der Waals surface area contributed by atoms with E-state index in [1.54, 1.807) is 0 Å². The van der Waals surface area contributed by atoms with Crippen LogP contribution in [0.3, 0.4) is 0 Å². The minimum Gasteiger partial charge on any atom is -0.565 e. The van der Waals surface area contributed by atoms with E-state index in [1.165, 1.54) is 0 Å². The maximum absolute atomic E-state index is 8.44. The van der Waals surface area contributed by atoms with Gasteiger partial charge in [-0.3, -0.25) is 0 Å². The Kier molecular flexibility index (Phi) is 55.4. The molecule has 0 radical (unpaired) electrons. The van der Waals surface area contributed by atoms with Crippen molar-refractivity contribution in [1.29, 1.82) is 0 Å². The monoisotopic (exact) mass is 366 g/mol. The zero-order valence-corrected chi connectivity index (χ0v) is 14.5. The van der Waals surface area contributed by atoms with Crippen molar-refractivity contribution < 1.29 is 40.0 Å². The largest absolute Gasteiger partial charge is 0.565 e. The van der Waals surface area contributed by atoms with Crippen molar-refractivity contribution in [2.24, 2.45) is 0 Å². The van der Waals surface area contributed by atoms with Gasteiger partial charge in [-0.2, -0.15) is 0 Å². The Morgan fingerprint density at radius 1 is 0.577 bits per heavy atom. The molecule has 0 amide bonds. The van der Waals surface area contributed by atoms with Gasteiger partial charge in [-0.25, -0.2) is 9.97 Å². The third-order valence-electron chi connectivity index (χ3n) is 1.21. The van der Waals surface area contributed by atoms with E-state index in [1.807, 2.05) is 61.2 Å². The van der Waals surface area contributed by atoms with Crippen LogP contribution >= 0.6 is 0 Å². The second-order valence-electron chi connectivity index (χ2n) is 2.69. The highest BCUT2D eigenvalue weighted by atomic mass is 16.6. The van der Waals surface area contributed by atoms with Crippen LogP contribution in [0.2, 0.25) is 0 Å². The summed E-state index contributed by atoms with van der Waals surface area (Å²) in [7, 11) is 0. The van der Waals surface area contributed by atoms with Crippen LogP contribution in [0.15, 0.2) is 101 Å². The highest BCUT2D eigenvalue weighted by molar-refractivity contribution is 5.50. The van der Waals surface area contributed by atoms with Gasteiger partial charge in [0.15, 0.2) is 24.8 Å². The van der Waals surface area contributed by atoms with Gasteiger partial charge in [0.2, 0.25) is 12.3 Å². The summed E-state index contributed by atoms with van der Waals surface area (Å²) in [5.74, 6) is 0. The molecular weight excluding hydrogens is 340 g/mol. The molecule has 8 heteroatoms. The van der Waals surface area contributed by atoms with Crippen molar-refractivity contribution >= 4 is 12.3 Å². The van der Waals surface area contributed by atoms with E-state index in [0.29, 0.717) is 0 Å². The summed E-state index contributed by atoms with van der Waals surface area (Å²) in [6, 6.07) is 11.7. The van der Waals surface area contributed by atoms with Gasteiger partial charge in [0.05, 0.1) is 0 Å². The number of carbonyl (C=O) groups is 2. The molecule has 0 aliphatic heterocycles. The van der Waals surface area contributed by atoms with Crippen LogP contribution < -0.4 is 20.2 Å². The van der Waals surface area contributed by atoms with Crippen molar-refractivity contribution in [1.82, 2.24) is 0 Å². The number of rotatable bonds is 0. The first kappa shape index (κ1) is 33.6. The molecule has 2 aromatic heterocycles. The number of aromatic amines is 2. The minimum absolute atomic E-state index is 1.88. The Labute approximate surface area is 153 Å². The fraction of sp³-hybridized carbons (Fsp3) is 0. The standard InChI is InChI=1S/2C5H5N.3C2H4.2CH2O3/c2*1-2-4-6-5-3-1;3*1-2;2*2-1(3)4/h2*1-5H;3*1-2H2;2*(H2,2,3,4). The fourth-order valence-electron chi connectivity index (χ4n) is 0.684. The van der Waals surface area contributed by atoms with Crippen molar-refractivity contribution in [2.45, 2.75) is 0 Å². The predicted octanol–water partition coefficient (Wildman–Crippen LogP) is 1.18. The van der Waals surface area contributed by atoms with Crippen LogP contribution in [0.1, 0.15) is 0 Å². The maximum atomic E-state index is 8.44. The quantitative estimate of drug-likeness (QED) is 0.669. The first-order valence-electron chi connectivity index (χ1n) is 6.59. The first-order chi connectivity index (χ1) is 12.5. The smallest absolute Gasteiger partial charge is 0.249 e. The zero-order chi connectivity index (χ0) is 21.6. The molecule has 0 spiro atoms. The summed E-state index contributed by atoms with van der Waals surface area (Å²) in [6.07, 6.45) is 3.33. The summed E-state index contributed by atoms with van der Waals surface area (Å²) < 4.78 is 0. The Bertz CT molecular complexity index is 374. The highest BCUT2D eigenvalue weighted by Gasteiger charge is 1.66. The lowest BCUT2D eigenvalue weighted by Crippen LogP contribution is -2.17. The number of hydrogen-bond acceptors (Lipinski definition) is 4. The first-order valence-corrected chi connectivity index (χ1v) is 6.59. The van der Waals surface area contributed by atoms with Crippen molar-refractivity contribution in [2.75, 3.05) is 0 Å². The SMILES string of the molecule is C=C.C=C.C=C.O=C([O-])O.O=C([O-])O.c1cc[nH+]cc1.c1cc[nH+]cc1. The molecule has 2 rings (SSSR count). The molecule has 0 fully saturated rings. The maximum Gasteiger partial charge on any atom is 0.249 e. The van der Waals surface area contributed by atoms with Gasteiger partial charge in [0.25, 0.3) is 0 Å². The van der Waals surface area contributed by atoms with E-state index in [9.17, 15) is 0 Å². The molecule has 4 N–H and O–H groups in total. The number of nitrogens with one attached hydrogen (secondary N) is 2. The van der Waals surface area contributed by atoms with Gasteiger partial charge in [-0.15, -0.1) is 39.5 Å². The average molecular weight is 366 g/mol. The van der Waals surface area contributed by atoms with E-state index in [4.69, 9.17) is 30.0 Å². The van der Waals surface area contributed by atoms with Crippen LogP contribution in [-0.2, 0) is 0 Å². The number of H-pyrrole nitrogens is 2. The molecule has 0 saturated heterocycles. The average Bonchev–Trinajstić information content (AvgIpc) is 2.69. The van der Waals surface area contributed by atoms with E-state index in [0.717, 1.165) is 0 Å². The Balaban J connectivity index is -0.0000000698. The molecule has 0 bridgehead atoms. The zero-order valence-electron chi connectivity index (χ0n) is 14.5. The van der Waals surface area contributed by atoms with Gasteiger partial charge < -0.3 is 30.0 Å². The van der Waals surface area contributed by atoms with Gasteiger partial charge in [-0.1, -0.05) is 12.1 Å². The summed E-state index contributed by atoms with van der Waals surface area (Å²) in [5.41, 5.74) is 0. The molecule has 8 nitrogen and oxygen atoms in total. The second kappa shape index (κ2) is 42.9. The molecule has 0 aromatic carbocycles. The minimum atomic E-state index is -2.08. The van der Waals surface area contributed by atoms with Crippen molar-refractivity contribution in [3.63, 3.8) is 0 Å². The fourth-order valence-corrected chi connectivity index (χ4v) is 0.684. The summed E-state index contributed by atoms with van der Waals surface area (Å²) >= 11 is 0. The van der Waals surface area contributed by atoms with E-state index < -0.39 is 12.3 Å². The molecular formula is C18H26N2O6. The van der Waals surface area contributed by atoms with Gasteiger partial charge in [-0.05, 0) is 0 Å². The summed E-state index contributed by atoms with van der Waals surface area (Å²) in [5, 5.41) is 30.6. The third kappa shape index (κ3) is 112. The molecule has 0 atom stereocenters. The topological polar surface area (TPSA) is 149 Å². The molecule has 0 unspecified atom stereocenters. The molecule has 2 heterocycles. The van der Waals surface area contributed by atoms with Gasteiger partial charge >= 0.3 is 0 Å². The molecule has 0 saturated carbocycles. The highest BCUT2D eigenvalue weighted by Crippen LogP contribution is 1.69. The number of hydrogen-bond donors (Lipinski definition) is 2. The number of aromatic nitrogens is 2. The van der Waals surface area contributed by atoms with Gasteiger partial charge in [0.1, 0.15) is 0 Å². The van der Waals surface area contributed by atoms with Crippen LogP contribution in [0.25, 0.3) is 0 Å². The second-order valence-corrected chi connectivity index (χ2v) is 2.69. The lowest BCUT2D eigenvalue weighted by Gasteiger charge is -1.74. The van der Waals surface area contributed by atoms with Crippen LogP contribution in [0.5, 0.6) is 0 Å². The Morgan fingerprint density at radius 2 is 0.731 bits per heavy atom. The molecule has 2 aromatic rings. The lowest BCUT2D eigenvalue weighted by atomic mass is 10.5. The van der Waals surface area contributed by atoms with E-state index >= 15 is 0 Å². The molecule has 0 aliphatic rings. The molecule has 0 aliphatic carbocycles. The Morgan fingerprint density at radius 3 is 0.769 bits per heavy atom. The predicted molar refractivity (Wildman–Crippen MR) is 95.8 cm³/mol. The van der Waals surface area contributed by atoms with Gasteiger partial charge in [0, 0.05) is 24.3 Å². The van der Waals surface area contributed by atoms with Crippen molar-refractivity contribution in [3.05, 3.63) is 101 Å².